The Balaban J connectivity index is 1.44. The van der Waals surface area contributed by atoms with Gasteiger partial charge in [0.2, 0.25) is 0 Å². The molecule has 1 aliphatic rings. The van der Waals surface area contributed by atoms with Gasteiger partial charge in [-0.1, -0.05) is 16.8 Å². The quantitative estimate of drug-likeness (QED) is 0.779. The van der Waals surface area contributed by atoms with E-state index in [-0.39, 0.29) is 18.2 Å². The number of aryl methyl sites for hydroxylation is 1. The third-order valence-electron chi connectivity index (χ3n) is 4.17. The van der Waals surface area contributed by atoms with Crippen LogP contribution >= 0.6 is 0 Å². The summed E-state index contributed by atoms with van der Waals surface area (Å²) in [6.45, 7) is 2.74. The van der Waals surface area contributed by atoms with Crippen LogP contribution in [0.15, 0.2) is 40.6 Å². The molecular weight excluding hydrogens is 318 g/mol. The van der Waals surface area contributed by atoms with Gasteiger partial charge < -0.3 is 14.6 Å². The van der Waals surface area contributed by atoms with Crippen molar-refractivity contribution in [2.75, 3.05) is 6.54 Å². The molecule has 2 aromatic rings. The van der Waals surface area contributed by atoms with Crippen LogP contribution in [0.5, 0.6) is 5.75 Å². The van der Waals surface area contributed by atoms with Gasteiger partial charge in [-0.2, -0.15) is 0 Å². The average Bonchev–Trinajstić information content (AvgIpc) is 3.11. The van der Waals surface area contributed by atoms with Crippen LogP contribution in [0.2, 0.25) is 0 Å². The smallest absolute Gasteiger partial charge is 0.273 e. The van der Waals surface area contributed by atoms with Crippen molar-refractivity contribution in [1.29, 1.82) is 0 Å². The van der Waals surface area contributed by atoms with Gasteiger partial charge in [-0.15, -0.1) is 0 Å². The number of ether oxygens (including phenoxy) is 1. The topological polar surface area (TPSA) is 77.2 Å². The summed E-state index contributed by atoms with van der Waals surface area (Å²) in [4.78, 5) is 16.3. The molecule has 2 aromatic heterocycles. The van der Waals surface area contributed by atoms with Crippen LogP contribution in [0.25, 0.3) is 0 Å². The van der Waals surface area contributed by atoms with E-state index >= 15 is 0 Å². The minimum absolute atomic E-state index is 0.206. The van der Waals surface area contributed by atoms with Gasteiger partial charge in [0.1, 0.15) is 12.4 Å². The summed E-state index contributed by atoms with van der Waals surface area (Å²) in [6.07, 6.45) is 9.68. The van der Waals surface area contributed by atoms with Crippen LogP contribution < -0.4 is 10.1 Å². The molecule has 132 valence electrons. The highest BCUT2D eigenvalue weighted by Gasteiger charge is 2.13. The second kappa shape index (κ2) is 8.46. The van der Waals surface area contributed by atoms with Crippen molar-refractivity contribution in [3.05, 3.63) is 53.2 Å². The van der Waals surface area contributed by atoms with E-state index in [2.05, 4.69) is 21.5 Å². The summed E-state index contributed by atoms with van der Waals surface area (Å²) in [5.41, 5.74) is 2.64. The maximum Gasteiger partial charge on any atom is 0.273 e. The lowest BCUT2D eigenvalue weighted by Crippen LogP contribution is -2.25. The third-order valence-corrected chi connectivity index (χ3v) is 4.17. The van der Waals surface area contributed by atoms with Crippen molar-refractivity contribution in [3.8, 4) is 5.75 Å². The van der Waals surface area contributed by atoms with E-state index in [1.807, 2.05) is 19.1 Å². The number of hydrogen-bond donors (Lipinski definition) is 1. The molecule has 25 heavy (non-hydrogen) atoms. The van der Waals surface area contributed by atoms with E-state index in [0.29, 0.717) is 18.1 Å². The lowest BCUT2D eigenvalue weighted by Gasteiger charge is -2.12. The highest BCUT2D eigenvalue weighted by Crippen LogP contribution is 2.19. The van der Waals surface area contributed by atoms with Gasteiger partial charge in [0.25, 0.3) is 5.91 Å². The Morgan fingerprint density at radius 3 is 3.04 bits per heavy atom. The number of carbonyl (C=O) groups is 1. The number of aromatic nitrogens is 2. The Labute approximate surface area is 147 Å². The van der Waals surface area contributed by atoms with Crippen LogP contribution in [-0.4, -0.2) is 22.6 Å². The summed E-state index contributed by atoms with van der Waals surface area (Å²) in [7, 11) is 0. The number of nitrogens with one attached hydrogen (secondary N) is 1. The van der Waals surface area contributed by atoms with Gasteiger partial charge in [0.05, 0.1) is 6.20 Å². The molecule has 1 N–H and O–H groups in total. The lowest BCUT2D eigenvalue weighted by atomic mass is 9.97. The standard InChI is InChI=1S/C19H23N3O3/c1-14-7-8-16(12-21-14)24-13-17-11-18(22-25-17)19(23)20-10-9-15-5-3-2-4-6-15/h5,7-8,11-12H,2-4,6,9-10,13H2,1H3,(H,20,23). The molecule has 6 heteroatoms. The zero-order valence-corrected chi connectivity index (χ0v) is 14.5. The van der Waals surface area contributed by atoms with Gasteiger partial charge in [-0.05, 0) is 51.2 Å². The summed E-state index contributed by atoms with van der Waals surface area (Å²) in [5.74, 6) is 0.929. The first-order chi connectivity index (χ1) is 12.2. The highest BCUT2D eigenvalue weighted by atomic mass is 16.5. The van der Waals surface area contributed by atoms with E-state index < -0.39 is 0 Å². The van der Waals surface area contributed by atoms with E-state index in [4.69, 9.17) is 9.26 Å². The molecule has 0 saturated carbocycles. The van der Waals surface area contributed by atoms with E-state index in [1.54, 1.807) is 12.3 Å². The van der Waals surface area contributed by atoms with Crippen molar-refractivity contribution in [2.24, 2.45) is 0 Å². The molecule has 0 aromatic carbocycles. The summed E-state index contributed by atoms with van der Waals surface area (Å²) < 4.78 is 10.7. The molecule has 0 radical (unpaired) electrons. The van der Waals surface area contributed by atoms with Crippen LogP contribution in [0, 0.1) is 6.92 Å². The van der Waals surface area contributed by atoms with Crippen LogP contribution in [0.4, 0.5) is 0 Å². The van der Waals surface area contributed by atoms with E-state index in [9.17, 15) is 4.79 Å². The van der Waals surface area contributed by atoms with Gasteiger partial charge in [0.15, 0.2) is 11.5 Å². The first kappa shape index (κ1) is 17.2. The Hall–Kier alpha value is -2.63. The number of pyridine rings is 1. The molecule has 3 rings (SSSR count). The highest BCUT2D eigenvalue weighted by molar-refractivity contribution is 5.92. The number of hydrogen-bond acceptors (Lipinski definition) is 5. The zero-order chi connectivity index (χ0) is 17.5. The zero-order valence-electron chi connectivity index (χ0n) is 14.5. The van der Waals surface area contributed by atoms with Crippen LogP contribution in [0.1, 0.15) is 54.0 Å². The maximum absolute atomic E-state index is 12.1. The molecule has 1 amide bonds. The second-order valence-corrected chi connectivity index (χ2v) is 6.22. The second-order valence-electron chi connectivity index (χ2n) is 6.22. The molecule has 0 fully saturated rings. The Morgan fingerprint density at radius 2 is 2.28 bits per heavy atom. The number of allylic oxidation sites excluding steroid dienone is 1. The monoisotopic (exact) mass is 341 g/mol. The summed E-state index contributed by atoms with van der Waals surface area (Å²) >= 11 is 0. The average molecular weight is 341 g/mol. The lowest BCUT2D eigenvalue weighted by molar-refractivity contribution is 0.0944. The van der Waals surface area contributed by atoms with Crippen LogP contribution in [0.3, 0.4) is 0 Å². The molecule has 0 bridgehead atoms. The molecular formula is C19H23N3O3. The number of carbonyl (C=O) groups excluding carboxylic acids is 1. The first-order valence-corrected chi connectivity index (χ1v) is 8.68. The van der Waals surface area contributed by atoms with Crippen molar-refractivity contribution in [2.45, 2.75) is 45.6 Å². The Kier molecular flexibility index (Phi) is 5.82. The number of rotatable bonds is 7. The van der Waals surface area contributed by atoms with Gasteiger partial charge in [-0.25, -0.2) is 0 Å². The molecule has 0 saturated heterocycles. The van der Waals surface area contributed by atoms with Gasteiger partial charge in [0, 0.05) is 18.3 Å². The Bertz CT molecular complexity index is 735. The minimum Gasteiger partial charge on any atom is -0.484 e. The SMILES string of the molecule is Cc1ccc(OCc2cc(C(=O)NCCC3=CCCCC3)no2)cn1. The van der Waals surface area contributed by atoms with Crippen molar-refractivity contribution in [3.63, 3.8) is 0 Å². The fourth-order valence-electron chi connectivity index (χ4n) is 2.74. The van der Waals surface area contributed by atoms with Crippen LogP contribution in [-0.2, 0) is 6.61 Å². The Morgan fingerprint density at radius 1 is 1.36 bits per heavy atom. The predicted molar refractivity (Wildman–Crippen MR) is 93.3 cm³/mol. The molecule has 1 aliphatic carbocycles. The maximum atomic E-state index is 12.1. The van der Waals surface area contributed by atoms with Gasteiger partial charge >= 0.3 is 0 Å². The minimum atomic E-state index is -0.219. The van der Waals surface area contributed by atoms with E-state index in [1.165, 1.54) is 18.4 Å². The molecule has 0 unspecified atom stereocenters. The largest absolute Gasteiger partial charge is 0.484 e. The third kappa shape index (κ3) is 5.17. The fraction of sp³-hybridized carbons (Fsp3) is 0.421. The first-order valence-electron chi connectivity index (χ1n) is 8.68. The summed E-state index contributed by atoms with van der Waals surface area (Å²) in [6, 6.07) is 5.32. The molecule has 6 nitrogen and oxygen atoms in total. The number of nitrogens with zero attached hydrogens (tertiary/aromatic N) is 2. The van der Waals surface area contributed by atoms with Crippen molar-refractivity contribution < 1.29 is 14.1 Å². The molecule has 0 aliphatic heterocycles. The van der Waals surface area contributed by atoms with Crippen molar-refractivity contribution in [1.82, 2.24) is 15.5 Å². The number of amides is 1. The normalized spacial score (nSPS) is 14.0. The van der Waals surface area contributed by atoms with Crippen molar-refractivity contribution >= 4 is 5.91 Å². The molecule has 0 spiro atoms. The fourth-order valence-corrected chi connectivity index (χ4v) is 2.74. The van der Waals surface area contributed by atoms with Gasteiger partial charge in [-0.3, -0.25) is 9.78 Å². The van der Waals surface area contributed by atoms with E-state index in [0.717, 1.165) is 25.0 Å². The summed E-state index contributed by atoms with van der Waals surface area (Å²) in [5, 5.41) is 6.70. The predicted octanol–water partition coefficient (Wildman–Crippen LogP) is 3.58. The molecule has 2 heterocycles. The molecule has 0 atom stereocenters.